The second-order valence-corrected chi connectivity index (χ2v) is 4.34. The van der Waals surface area contributed by atoms with E-state index in [0.29, 0.717) is 22.7 Å². The molecule has 90 valence electrons. The van der Waals surface area contributed by atoms with Crippen molar-refractivity contribution in [2.45, 2.75) is 31.7 Å². The predicted molar refractivity (Wildman–Crippen MR) is 66.9 cm³/mol. The summed E-state index contributed by atoms with van der Waals surface area (Å²) in [5.74, 6) is 5.77. The molecule has 1 aliphatic carbocycles. The summed E-state index contributed by atoms with van der Waals surface area (Å²) in [6.45, 7) is -0.196. The number of nitrogens with one attached hydrogen (secondary N) is 1. The summed E-state index contributed by atoms with van der Waals surface area (Å²) in [4.78, 5) is 8.31. The highest BCUT2D eigenvalue weighted by atomic mass is 35.5. The number of aromatic nitrogens is 2. The molecule has 1 aliphatic rings. The maximum absolute atomic E-state index is 8.59. The first-order valence-corrected chi connectivity index (χ1v) is 6.06. The van der Waals surface area contributed by atoms with Crippen molar-refractivity contribution >= 4 is 17.5 Å². The Balaban J connectivity index is 2.07. The van der Waals surface area contributed by atoms with E-state index in [4.69, 9.17) is 16.7 Å². The van der Waals surface area contributed by atoms with Gasteiger partial charge in [0.2, 0.25) is 5.95 Å². The molecule has 1 saturated carbocycles. The molecule has 0 radical (unpaired) electrons. The number of aliphatic hydroxyl groups excluding tert-OH is 1. The van der Waals surface area contributed by atoms with Crippen molar-refractivity contribution < 1.29 is 5.11 Å². The normalized spacial score (nSPS) is 15.4. The Morgan fingerprint density at radius 3 is 2.88 bits per heavy atom. The minimum absolute atomic E-state index is 0.196. The van der Waals surface area contributed by atoms with E-state index < -0.39 is 0 Å². The van der Waals surface area contributed by atoms with Crippen molar-refractivity contribution in [1.82, 2.24) is 9.97 Å². The highest BCUT2D eigenvalue weighted by Crippen LogP contribution is 2.21. The number of nitrogens with zero attached hydrogens (tertiary/aromatic N) is 2. The highest BCUT2D eigenvalue weighted by molar-refractivity contribution is 6.30. The topological polar surface area (TPSA) is 58.0 Å². The fourth-order valence-corrected chi connectivity index (χ4v) is 2.08. The molecule has 1 fully saturated rings. The summed E-state index contributed by atoms with van der Waals surface area (Å²) in [7, 11) is 0. The van der Waals surface area contributed by atoms with Gasteiger partial charge in [0.15, 0.2) is 0 Å². The summed E-state index contributed by atoms with van der Waals surface area (Å²) in [5, 5.41) is 12.2. The molecule has 0 atom stereocenters. The zero-order valence-electron chi connectivity index (χ0n) is 9.41. The van der Waals surface area contributed by atoms with Gasteiger partial charge < -0.3 is 10.4 Å². The monoisotopic (exact) mass is 251 g/mol. The zero-order valence-corrected chi connectivity index (χ0v) is 10.2. The number of halogens is 1. The molecule has 1 heterocycles. The average Bonchev–Trinajstić information content (AvgIpc) is 2.81. The Morgan fingerprint density at radius 2 is 2.24 bits per heavy atom. The third-order valence-electron chi connectivity index (χ3n) is 2.73. The lowest BCUT2D eigenvalue weighted by Crippen LogP contribution is -2.16. The Labute approximate surface area is 105 Å². The maximum atomic E-state index is 8.59. The van der Waals surface area contributed by atoms with Crippen molar-refractivity contribution in [2.24, 2.45) is 0 Å². The number of hydrogen-bond donors (Lipinski definition) is 2. The van der Waals surface area contributed by atoms with Gasteiger partial charge in [0.05, 0.1) is 5.56 Å². The Hall–Kier alpha value is -1.31. The molecule has 2 rings (SSSR count). The second-order valence-electron chi connectivity index (χ2n) is 3.98. The molecular weight excluding hydrogens is 238 g/mol. The van der Waals surface area contributed by atoms with Crippen LogP contribution in [0.5, 0.6) is 0 Å². The molecule has 4 nitrogen and oxygen atoms in total. The lowest BCUT2D eigenvalue weighted by Gasteiger charge is -2.11. The van der Waals surface area contributed by atoms with Crippen LogP contribution in [0.25, 0.3) is 0 Å². The van der Waals surface area contributed by atoms with Gasteiger partial charge in [-0.3, -0.25) is 0 Å². The SMILES string of the molecule is OCC#Cc1cnc(NC2CCCC2)nc1Cl. The molecule has 0 bridgehead atoms. The van der Waals surface area contributed by atoms with E-state index in [9.17, 15) is 0 Å². The lowest BCUT2D eigenvalue weighted by atomic mass is 10.2. The molecule has 1 aromatic heterocycles. The summed E-state index contributed by atoms with van der Waals surface area (Å²) in [6.07, 6.45) is 6.41. The molecule has 0 saturated heterocycles. The molecule has 2 N–H and O–H groups in total. The van der Waals surface area contributed by atoms with Crippen molar-refractivity contribution in [3.05, 3.63) is 16.9 Å². The van der Waals surface area contributed by atoms with Crippen molar-refractivity contribution in [3.8, 4) is 11.8 Å². The molecule has 1 aromatic rings. The van der Waals surface area contributed by atoms with Crippen LogP contribution in [0, 0.1) is 11.8 Å². The third-order valence-corrected chi connectivity index (χ3v) is 3.02. The lowest BCUT2D eigenvalue weighted by molar-refractivity contribution is 0.350. The van der Waals surface area contributed by atoms with Crippen LogP contribution < -0.4 is 5.32 Å². The van der Waals surface area contributed by atoms with Gasteiger partial charge >= 0.3 is 0 Å². The van der Waals surface area contributed by atoms with Crippen LogP contribution in [0.15, 0.2) is 6.20 Å². The molecule has 0 spiro atoms. The Bertz CT molecular complexity index is 447. The largest absolute Gasteiger partial charge is 0.384 e. The van der Waals surface area contributed by atoms with Gasteiger partial charge in [-0.15, -0.1) is 0 Å². The number of anilines is 1. The van der Waals surface area contributed by atoms with Crippen LogP contribution in [0.2, 0.25) is 5.15 Å². The van der Waals surface area contributed by atoms with Crippen LogP contribution in [0.1, 0.15) is 31.2 Å². The Kier molecular flexibility index (Phi) is 4.18. The first kappa shape index (κ1) is 12.2. The molecule has 17 heavy (non-hydrogen) atoms. The number of aliphatic hydroxyl groups is 1. The van der Waals surface area contributed by atoms with Gasteiger partial charge in [-0.2, -0.15) is 4.98 Å². The van der Waals surface area contributed by atoms with E-state index in [1.807, 2.05) is 0 Å². The molecule has 5 heteroatoms. The van der Waals surface area contributed by atoms with Gasteiger partial charge in [-0.1, -0.05) is 36.3 Å². The van der Waals surface area contributed by atoms with Gasteiger partial charge in [0, 0.05) is 12.2 Å². The molecule has 0 aliphatic heterocycles. The van der Waals surface area contributed by atoms with Crippen molar-refractivity contribution in [3.63, 3.8) is 0 Å². The minimum Gasteiger partial charge on any atom is -0.384 e. The smallest absolute Gasteiger partial charge is 0.224 e. The first-order chi connectivity index (χ1) is 8.29. The van der Waals surface area contributed by atoms with Crippen LogP contribution in [-0.2, 0) is 0 Å². The van der Waals surface area contributed by atoms with Crippen LogP contribution in [0.3, 0.4) is 0 Å². The van der Waals surface area contributed by atoms with Crippen LogP contribution in [0.4, 0.5) is 5.95 Å². The molecular formula is C12H14ClN3O. The predicted octanol–water partition coefficient (Wildman–Crippen LogP) is 1.83. The molecule has 0 amide bonds. The highest BCUT2D eigenvalue weighted by Gasteiger charge is 2.15. The Morgan fingerprint density at radius 1 is 1.47 bits per heavy atom. The van der Waals surface area contributed by atoms with Crippen molar-refractivity contribution in [1.29, 1.82) is 0 Å². The van der Waals surface area contributed by atoms with Gasteiger partial charge in [0.1, 0.15) is 11.8 Å². The molecule has 0 aromatic carbocycles. The minimum atomic E-state index is -0.196. The number of rotatable bonds is 2. The second kappa shape index (κ2) is 5.85. The molecule has 0 unspecified atom stereocenters. The summed E-state index contributed by atoms with van der Waals surface area (Å²) < 4.78 is 0. The van der Waals surface area contributed by atoms with Crippen LogP contribution >= 0.6 is 11.6 Å². The average molecular weight is 252 g/mol. The first-order valence-electron chi connectivity index (χ1n) is 5.68. The zero-order chi connectivity index (χ0) is 12.1. The summed E-state index contributed by atoms with van der Waals surface area (Å²) >= 11 is 5.98. The summed E-state index contributed by atoms with van der Waals surface area (Å²) in [6, 6.07) is 0.459. The quantitative estimate of drug-likeness (QED) is 0.622. The summed E-state index contributed by atoms with van der Waals surface area (Å²) in [5.41, 5.74) is 0.540. The van der Waals surface area contributed by atoms with Gasteiger partial charge in [-0.05, 0) is 12.8 Å². The van der Waals surface area contributed by atoms with E-state index in [1.165, 1.54) is 12.8 Å². The van der Waals surface area contributed by atoms with Crippen LogP contribution in [-0.4, -0.2) is 27.7 Å². The van der Waals surface area contributed by atoms with E-state index in [2.05, 4.69) is 27.1 Å². The van der Waals surface area contributed by atoms with Gasteiger partial charge in [0.25, 0.3) is 0 Å². The van der Waals surface area contributed by atoms with Gasteiger partial charge in [-0.25, -0.2) is 4.98 Å². The van der Waals surface area contributed by atoms with E-state index in [-0.39, 0.29) is 6.61 Å². The van der Waals surface area contributed by atoms with Crippen molar-refractivity contribution in [2.75, 3.05) is 11.9 Å². The van der Waals surface area contributed by atoms with E-state index >= 15 is 0 Å². The van der Waals surface area contributed by atoms with E-state index in [0.717, 1.165) is 12.8 Å². The standard InChI is InChI=1S/C12H14ClN3O/c13-11-9(4-3-7-17)8-14-12(16-11)15-10-5-1-2-6-10/h8,10,17H,1-2,5-7H2,(H,14,15,16). The van der Waals surface area contributed by atoms with E-state index in [1.54, 1.807) is 6.20 Å². The third kappa shape index (κ3) is 3.32. The fourth-order valence-electron chi connectivity index (χ4n) is 1.90. The number of hydrogen-bond acceptors (Lipinski definition) is 4. The fraction of sp³-hybridized carbons (Fsp3) is 0.500. The maximum Gasteiger partial charge on any atom is 0.224 e.